The van der Waals surface area contributed by atoms with Crippen LogP contribution in [0.1, 0.15) is 16.1 Å². The highest BCUT2D eigenvalue weighted by atomic mass is 16.5. The molecular formula is C16H12N6O2. The lowest BCUT2D eigenvalue weighted by Crippen LogP contribution is -1.95. The lowest BCUT2D eigenvalue weighted by Gasteiger charge is -2.06. The highest BCUT2D eigenvalue weighted by Gasteiger charge is 2.10. The molecule has 0 radical (unpaired) electrons. The van der Waals surface area contributed by atoms with Crippen molar-refractivity contribution in [3.63, 3.8) is 0 Å². The van der Waals surface area contributed by atoms with Crippen LogP contribution in [-0.4, -0.2) is 33.6 Å². The number of aromatic amines is 1. The fourth-order valence-corrected chi connectivity index (χ4v) is 2.11. The molecule has 118 valence electrons. The van der Waals surface area contributed by atoms with Gasteiger partial charge >= 0.3 is 0 Å². The zero-order valence-corrected chi connectivity index (χ0v) is 12.6. The number of nitrogens with one attached hydrogen (secondary N) is 2. The van der Waals surface area contributed by atoms with E-state index in [1.165, 1.54) is 19.5 Å². The minimum atomic E-state index is 0.239. The Morgan fingerprint density at radius 3 is 2.79 bits per heavy atom. The van der Waals surface area contributed by atoms with Crippen molar-refractivity contribution in [3.8, 4) is 23.1 Å². The van der Waals surface area contributed by atoms with Crippen molar-refractivity contribution in [1.82, 2.24) is 20.2 Å². The lowest BCUT2D eigenvalue weighted by atomic mass is 10.1. The standard InChI is InChI=1S/C16H12N6O2/c1-24-14-4-10(9-23)2-3-12(14)13-5-15(22-21-13)20-16-8-18-11(6-17)7-19-16/h2-5,7-9H,1H3,(H2,19,20,21,22). The molecule has 2 N–H and O–H groups in total. The summed E-state index contributed by atoms with van der Waals surface area (Å²) in [6.45, 7) is 0. The van der Waals surface area contributed by atoms with E-state index in [0.29, 0.717) is 28.6 Å². The molecule has 8 heteroatoms. The number of carbonyl (C=O) groups is 1. The predicted octanol–water partition coefficient (Wildman–Crippen LogP) is 2.30. The smallest absolute Gasteiger partial charge is 0.158 e. The molecule has 0 spiro atoms. The third-order valence-corrected chi connectivity index (χ3v) is 3.25. The Balaban J connectivity index is 1.85. The molecule has 3 aromatic rings. The molecule has 0 saturated carbocycles. The number of hydrogen-bond acceptors (Lipinski definition) is 7. The number of hydrogen-bond donors (Lipinski definition) is 2. The van der Waals surface area contributed by atoms with Gasteiger partial charge < -0.3 is 10.1 Å². The Bertz CT molecular complexity index is 911. The minimum absolute atomic E-state index is 0.239. The maximum absolute atomic E-state index is 10.9. The summed E-state index contributed by atoms with van der Waals surface area (Å²) in [7, 11) is 1.54. The molecule has 2 heterocycles. The second-order valence-corrected chi connectivity index (χ2v) is 4.77. The fourth-order valence-electron chi connectivity index (χ4n) is 2.11. The number of nitriles is 1. The van der Waals surface area contributed by atoms with Crippen LogP contribution in [0.15, 0.2) is 36.7 Å². The van der Waals surface area contributed by atoms with Crippen molar-refractivity contribution in [1.29, 1.82) is 5.26 Å². The van der Waals surface area contributed by atoms with E-state index in [-0.39, 0.29) is 5.69 Å². The van der Waals surface area contributed by atoms with Crippen molar-refractivity contribution in [2.75, 3.05) is 12.4 Å². The van der Waals surface area contributed by atoms with Gasteiger partial charge in [0, 0.05) is 17.2 Å². The van der Waals surface area contributed by atoms with Crippen LogP contribution in [-0.2, 0) is 0 Å². The summed E-state index contributed by atoms with van der Waals surface area (Å²) in [5.41, 5.74) is 2.26. The number of benzene rings is 1. The van der Waals surface area contributed by atoms with Crippen molar-refractivity contribution in [2.24, 2.45) is 0 Å². The van der Waals surface area contributed by atoms with Gasteiger partial charge in [0.15, 0.2) is 11.5 Å². The molecule has 0 unspecified atom stereocenters. The first-order valence-electron chi connectivity index (χ1n) is 6.91. The van der Waals surface area contributed by atoms with Gasteiger partial charge in [0.1, 0.15) is 23.9 Å². The van der Waals surface area contributed by atoms with Gasteiger partial charge in [-0.2, -0.15) is 10.4 Å². The summed E-state index contributed by atoms with van der Waals surface area (Å²) < 4.78 is 5.32. The lowest BCUT2D eigenvalue weighted by molar-refractivity contribution is 0.112. The monoisotopic (exact) mass is 320 g/mol. The Morgan fingerprint density at radius 2 is 2.12 bits per heavy atom. The third kappa shape index (κ3) is 3.05. The molecule has 2 aromatic heterocycles. The van der Waals surface area contributed by atoms with E-state index in [2.05, 4.69) is 25.5 Å². The first-order chi connectivity index (χ1) is 11.7. The minimum Gasteiger partial charge on any atom is -0.496 e. The zero-order valence-electron chi connectivity index (χ0n) is 12.6. The Kier molecular flexibility index (Phi) is 4.16. The maximum atomic E-state index is 10.9. The van der Waals surface area contributed by atoms with Crippen LogP contribution in [0, 0.1) is 11.3 Å². The van der Waals surface area contributed by atoms with E-state index >= 15 is 0 Å². The van der Waals surface area contributed by atoms with Gasteiger partial charge in [0.25, 0.3) is 0 Å². The number of carbonyl (C=O) groups excluding carboxylic acids is 1. The van der Waals surface area contributed by atoms with Crippen LogP contribution in [0.25, 0.3) is 11.3 Å². The summed E-state index contributed by atoms with van der Waals surface area (Å²) in [5, 5.41) is 18.7. The van der Waals surface area contributed by atoms with Gasteiger partial charge in [0.05, 0.1) is 25.2 Å². The van der Waals surface area contributed by atoms with Gasteiger partial charge in [-0.05, 0) is 12.1 Å². The van der Waals surface area contributed by atoms with Crippen molar-refractivity contribution >= 4 is 17.9 Å². The molecule has 0 aliphatic heterocycles. The van der Waals surface area contributed by atoms with Crippen LogP contribution in [0.3, 0.4) is 0 Å². The van der Waals surface area contributed by atoms with Crippen LogP contribution in [0.4, 0.5) is 11.6 Å². The van der Waals surface area contributed by atoms with E-state index in [1.807, 2.05) is 6.07 Å². The van der Waals surface area contributed by atoms with Gasteiger partial charge in [0.2, 0.25) is 0 Å². The van der Waals surface area contributed by atoms with E-state index in [4.69, 9.17) is 10.00 Å². The molecular weight excluding hydrogens is 308 g/mol. The topological polar surface area (TPSA) is 117 Å². The number of rotatable bonds is 5. The molecule has 0 fully saturated rings. The number of aldehydes is 1. The molecule has 3 rings (SSSR count). The number of methoxy groups -OCH3 is 1. The second-order valence-electron chi connectivity index (χ2n) is 4.77. The van der Waals surface area contributed by atoms with Gasteiger partial charge in [-0.25, -0.2) is 9.97 Å². The van der Waals surface area contributed by atoms with E-state index < -0.39 is 0 Å². The van der Waals surface area contributed by atoms with Crippen LogP contribution < -0.4 is 10.1 Å². The number of aromatic nitrogens is 4. The van der Waals surface area contributed by atoms with Crippen LogP contribution in [0.5, 0.6) is 5.75 Å². The highest BCUT2D eigenvalue weighted by molar-refractivity contribution is 5.80. The quantitative estimate of drug-likeness (QED) is 0.693. The van der Waals surface area contributed by atoms with E-state index in [0.717, 1.165) is 11.8 Å². The average Bonchev–Trinajstić information content (AvgIpc) is 3.10. The van der Waals surface area contributed by atoms with Gasteiger partial charge in [-0.15, -0.1) is 0 Å². The Labute approximate surface area is 137 Å². The summed E-state index contributed by atoms with van der Waals surface area (Å²) in [6, 6.07) is 8.81. The SMILES string of the molecule is COc1cc(C=O)ccc1-c1cc(Nc2cnc(C#N)cn2)n[nH]1. The maximum Gasteiger partial charge on any atom is 0.158 e. The Hall–Kier alpha value is -3.73. The first kappa shape index (κ1) is 15.2. The van der Waals surface area contributed by atoms with Crippen molar-refractivity contribution < 1.29 is 9.53 Å². The number of ether oxygens (including phenoxy) is 1. The van der Waals surface area contributed by atoms with E-state index in [9.17, 15) is 4.79 Å². The summed E-state index contributed by atoms with van der Waals surface area (Å²) in [6.07, 6.45) is 3.58. The molecule has 0 saturated heterocycles. The number of anilines is 2. The molecule has 0 bridgehead atoms. The first-order valence-corrected chi connectivity index (χ1v) is 6.91. The molecule has 0 aliphatic rings. The summed E-state index contributed by atoms with van der Waals surface area (Å²) >= 11 is 0. The number of nitrogens with zero attached hydrogens (tertiary/aromatic N) is 4. The van der Waals surface area contributed by atoms with Crippen molar-refractivity contribution in [2.45, 2.75) is 0 Å². The number of H-pyrrole nitrogens is 1. The molecule has 1 aromatic carbocycles. The summed E-state index contributed by atoms with van der Waals surface area (Å²) in [5.74, 6) is 1.56. The van der Waals surface area contributed by atoms with E-state index in [1.54, 1.807) is 24.3 Å². The largest absolute Gasteiger partial charge is 0.496 e. The average molecular weight is 320 g/mol. The third-order valence-electron chi connectivity index (χ3n) is 3.25. The van der Waals surface area contributed by atoms with Crippen LogP contribution >= 0.6 is 0 Å². The molecule has 8 nitrogen and oxygen atoms in total. The molecule has 0 aliphatic carbocycles. The second kappa shape index (κ2) is 6.58. The van der Waals surface area contributed by atoms with Crippen molar-refractivity contribution in [3.05, 3.63) is 47.9 Å². The highest BCUT2D eigenvalue weighted by Crippen LogP contribution is 2.30. The molecule has 24 heavy (non-hydrogen) atoms. The van der Waals surface area contributed by atoms with Gasteiger partial charge in [-0.3, -0.25) is 9.89 Å². The fraction of sp³-hybridized carbons (Fsp3) is 0.0625. The van der Waals surface area contributed by atoms with Gasteiger partial charge in [-0.1, -0.05) is 6.07 Å². The predicted molar refractivity (Wildman–Crippen MR) is 86.0 cm³/mol. The zero-order chi connectivity index (χ0) is 16.9. The molecule has 0 atom stereocenters. The normalized spacial score (nSPS) is 10.0. The molecule has 0 amide bonds. The Morgan fingerprint density at radius 1 is 1.25 bits per heavy atom. The van der Waals surface area contributed by atoms with Crippen LogP contribution in [0.2, 0.25) is 0 Å². The summed E-state index contributed by atoms with van der Waals surface area (Å²) in [4.78, 5) is 18.9.